The first-order valence-electron chi connectivity index (χ1n) is 6.59. The van der Waals surface area contributed by atoms with Crippen LogP contribution in [0.5, 0.6) is 0 Å². The Balaban J connectivity index is 0.000000163. The molecule has 0 heterocycles. The molecule has 0 aliphatic heterocycles. The molecule has 0 amide bonds. The summed E-state index contributed by atoms with van der Waals surface area (Å²) < 4.78 is 0. The number of benzene rings is 3. The minimum Gasteiger partial charge on any atom is -0.478 e. The molecule has 0 aliphatic carbocycles. The molecule has 3 rings (SSSR count). The molecule has 0 aromatic heterocycles. The predicted octanol–water partition coefficient (Wildman–Crippen LogP) is 4.76. The van der Waals surface area contributed by atoms with Crippen LogP contribution in [0.15, 0.2) is 103 Å². The van der Waals surface area contributed by atoms with Crippen LogP contribution in [0.4, 0.5) is 0 Å². The lowest BCUT2D eigenvalue weighted by Gasteiger charge is -1.88. The van der Waals surface area contributed by atoms with E-state index in [0.29, 0.717) is 5.56 Å². The summed E-state index contributed by atoms with van der Waals surface area (Å²) in [5.74, 6) is -0.879. The molecule has 0 unspecified atom stereocenters. The van der Waals surface area contributed by atoms with Gasteiger partial charge in [0.25, 0.3) is 0 Å². The molecule has 0 aliphatic rings. The van der Waals surface area contributed by atoms with Gasteiger partial charge in [0, 0.05) is 0 Å². The first-order chi connectivity index (χ1) is 10.3. The Kier molecular flexibility index (Phi) is 8.48. The number of carbonyl (C=O) groups is 1. The molecule has 0 saturated carbocycles. The third-order valence-corrected chi connectivity index (χ3v) is 2.35. The Labute approximate surface area is 125 Å². The molecule has 0 spiro atoms. The summed E-state index contributed by atoms with van der Waals surface area (Å²) in [6, 6.07) is 32.3. The van der Waals surface area contributed by atoms with E-state index in [1.54, 1.807) is 30.3 Å². The van der Waals surface area contributed by atoms with Crippen LogP contribution in [0, 0.1) is 0 Å². The second-order valence-corrected chi connectivity index (χ2v) is 3.98. The van der Waals surface area contributed by atoms with Crippen molar-refractivity contribution >= 4 is 5.97 Å². The number of carboxylic acid groups (broad SMARTS) is 1. The lowest BCUT2D eigenvalue weighted by atomic mass is 10.2. The smallest absolute Gasteiger partial charge is 0.335 e. The van der Waals surface area contributed by atoms with E-state index in [9.17, 15) is 4.79 Å². The van der Waals surface area contributed by atoms with Crippen molar-refractivity contribution in [2.45, 2.75) is 0 Å². The van der Waals surface area contributed by atoms with Gasteiger partial charge in [-0.1, -0.05) is 91.0 Å². The molecule has 0 saturated heterocycles. The van der Waals surface area contributed by atoms with Crippen molar-refractivity contribution in [1.82, 2.24) is 0 Å². The predicted molar refractivity (Wildman–Crippen MR) is 86.3 cm³/mol. The molecule has 21 heavy (non-hydrogen) atoms. The summed E-state index contributed by atoms with van der Waals surface area (Å²) in [5.41, 5.74) is 0.331. The Morgan fingerprint density at radius 1 is 0.524 bits per heavy atom. The monoisotopic (exact) mass is 278 g/mol. The Morgan fingerprint density at radius 2 is 0.762 bits per heavy atom. The minimum atomic E-state index is -0.879. The average Bonchev–Trinajstić information content (AvgIpc) is 2.60. The van der Waals surface area contributed by atoms with E-state index in [-0.39, 0.29) is 0 Å². The van der Waals surface area contributed by atoms with Gasteiger partial charge in [0.05, 0.1) is 5.56 Å². The van der Waals surface area contributed by atoms with Gasteiger partial charge in [-0.3, -0.25) is 0 Å². The van der Waals surface area contributed by atoms with E-state index in [2.05, 4.69) is 0 Å². The molecule has 0 radical (unpaired) electrons. The lowest BCUT2D eigenvalue weighted by Crippen LogP contribution is -1.93. The van der Waals surface area contributed by atoms with Gasteiger partial charge in [-0.2, -0.15) is 0 Å². The average molecular weight is 278 g/mol. The van der Waals surface area contributed by atoms with E-state index in [4.69, 9.17) is 5.11 Å². The second-order valence-electron chi connectivity index (χ2n) is 3.98. The van der Waals surface area contributed by atoms with Crippen molar-refractivity contribution in [3.8, 4) is 0 Å². The molecule has 0 atom stereocenters. The number of hydrogen-bond acceptors (Lipinski definition) is 1. The minimum absolute atomic E-state index is 0.331. The zero-order valence-electron chi connectivity index (χ0n) is 11.7. The zero-order chi connectivity index (χ0) is 15.2. The molecule has 0 bridgehead atoms. The van der Waals surface area contributed by atoms with Crippen LogP contribution in [0.25, 0.3) is 0 Å². The number of aromatic carboxylic acids is 1. The highest BCUT2D eigenvalue weighted by Crippen LogP contribution is 1.96. The van der Waals surface area contributed by atoms with E-state index >= 15 is 0 Å². The summed E-state index contributed by atoms with van der Waals surface area (Å²) in [6.07, 6.45) is 0. The molecule has 2 nitrogen and oxygen atoms in total. The van der Waals surface area contributed by atoms with Crippen molar-refractivity contribution < 1.29 is 9.90 Å². The summed E-state index contributed by atoms with van der Waals surface area (Å²) in [6.45, 7) is 0. The third kappa shape index (κ3) is 8.78. The number of hydrogen-bond donors (Lipinski definition) is 1. The van der Waals surface area contributed by atoms with E-state index in [0.717, 1.165) is 0 Å². The summed E-state index contributed by atoms with van der Waals surface area (Å²) in [7, 11) is 0. The van der Waals surface area contributed by atoms with Gasteiger partial charge in [-0.15, -0.1) is 0 Å². The van der Waals surface area contributed by atoms with Crippen molar-refractivity contribution in [3.05, 3.63) is 109 Å². The van der Waals surface area contributed by atoms with Crippen LogP contribution < -0.4 is 0 Å². The molecule has 0 fully saturated rings. The van der Waals surface area contributed by atoms with Crippen molar-refractivity contribution in [2.24, 2.45) is 0 Å². The van der Waals surface area contributed by atoms with Gasteiger partial charge in [0.1, 0.15) is 0 Å². The van der Waals surface area contributed by atoms with Crippen LogP contribution in [0.2, 0.25) is 0 Å². The van der Waals surface area contributed by atoms with Crippen LogP contribution in [-0.4, -0.2) is 11.1 Å². The fraction of sp³-hybridized carbons (Fsp3) is 0. The van der Waals surface area contributed by atoms with Crippen LogP contribution in [0.3, 0.4) is 0 Å². The van der Waals surface area contributed by atoms with E-state index in [1.807, 2.05) is 72.8 Å². The van der Waals surface area contributed by atoms with Gasteiger partial charge in [-0.25, -0.2) is 4.79 Å². The van der Waals surface area contributed by atoms with Crippen LogP contribution in [-0.2, 0) is 0 Å². The number of rotatable bonds is 1. The lowest BCUT2D eigenvalue weighted by molar-refractivity contribution is 0.0697. The maximum atomic E-state index is 10.2. The molecule has 1 N–H and O–H groups in total. The first-order valence-corrected chi connectivity index (χ1v) is 6.59. The van der Waals surface area contributed by atoms with Gasteiger partial charge in [0.2, 0.25) is 0 Å². The number of carboxylic acids is 1. The highest BCUT2D eigenvalue weighted by Gasteiger charge is 1.96. The van der Waals surface area contributed by atoms with Crippen molar-refractivity contribution in [1.29, 1.82) is 0 Å². The van der Waals surface area contributed by atoms with Gasteiger partial charge >= 0.3 is 5.97 Å². The largest absolute Gasteiger partial charge is 0.478 e. The third-order valence-electron chi connectivity index (χ3n) is 2.35. The first kappa shape index (κ1) is 16.2. The Bertz CT molecular complexity index is 493. The SMILES string of the molecule is O=C(O)c1ccccc1.c1ccccc1.c1ccccc1. The molecule has 106 valence electrons. The summed E-state index contributed by atoms with van der Waals surface area (Å²) >= 11 is 0. The summed E-state index contributed by atoms with van der Waals surface area (Å²) in [5, 5.41) is 8.38. The van der Waals surface area contributed by atoms with Gasteiger partial charge in [0.15, 0.2) is 0 Å². The maximum absolute atomic E-state index is 10.2. The van der Waals surface area contributed by atoms with E-state index in [1.165, 1.54) is 0 Å². The molecule has 3 aromatic carbocycles. The molecule has 3 aromatic rings. The Morgan fingerprint density at radius 3 is 0.952 bits per heavy atom. The Hall–Kier alpha value is -2.87. The van der Waals surface area contributed by atoms with Crippen LogP contribution in [0.1, 0.15) is 10.4 Å². The molecule has 2 heteroatoms. The quantitative estimate of drug-likeness (QED) is 0.697. The normalized spacial score (nSPS) is 8.38. The highest BCUT2D eigenvalue weighted by atomic mass is 16.4. The van der Waals surface area contributed by atoms with E-state index < -0.39 is 5.97 Å². The molecular weight excluding hydrogens is 260 g/mol. The zero-order valence-corrected chi connectivity index (χ0v) is 11.7. The summed E-state index contributed by atoms with van der Waals surface area (Å²) in [4.78, 5) is 10.2. The highest BCUT2D eigenvalue weighted by molar-refractivity contribution is 5.87. The van der Waals surface area contributed by atoms with Gasteiger partial charge < -0.3 is 5.11 Å². The second kappa shape index (κ2) is 11.0. The maximum Gasteiger partial charge on any atom is 0.335 e. The van der Waals surface area contributed by atoms with Crippen molar-refractivity contribution in [3.63, 3.8) is 0 Å². The fourth-order valence-electron chi connectivity index (χ4n) is 1.35. The molecular formula is C19H18O2. The topological polar surface area (TPSA) is 37.3 Å². The van der Waals surface area contributed by atoms with Gasteiger partial charge in [-0.05, 0) is 12.1 Å². The fourth-order valence-corrected chi connectivity index (χ4v) is 1.35. The van der Waals surface area contributed by atoms with Crippen molar-refractivity contribution in [2.75, 3.05) is 0 Å². The standard InChI is InChI=1S/C7H6O2.2C6H6/c8-7(9)6-4-2-1-3-5-6;2*1-2-4-6-5-3-1/h1-5H,(H,8,9);2*1-6H. The van der Waals surface area contributed by atoms with Crippen LogP contribution >= 0.6 is 0 Å².